The molecule has 3 heterocycles. The highest BCUT2D eigenvalue weighted by molar-refractivity contribution is 5.87. The molecule has 1 unspecified atom stereocenters. The van der Waals surface area contributed by atoms with E-state index in [-0.39, 0.29) is 11.9 Å². The van der Waals surface area contributed by atoms with Gasteiger partial charge in [0.2, 0.25) is 5.91 Å². The SMILES string of the molecule is C=CC(=O)N1CCCC(n2cnc3cc(CN4CCOCC4)ccc32)C1. The van der Waals surface area contributed by atoms with Gasteiger partial charge in [-0.3, -0.25) is 9.69 Å². The Kier molecular flexibility index (Phi) is 5.04. The number of fused-ring (bicyclic) bond motifs is 1. The summed E-state index contributed by atoms with van der Waals surface area (Å²) in [4.78, 5) is 20.9. The van der Waals surface area contributed by atoms with Gasteiger partial charge >= 0.3 is 0 Å². The number of nitrogens with zero attached hydrogens (tertiary/aromatic N) is 4. The van der Waals surface area contributed by atoms with E-state index in [1.165, 1.54) is 11.6 Å². The van der Waals surface area contributed by atoms with E-state index in [1.54, 1.807) is 0 Å². The molecule has 0 saturated carbocycles. The monoisotopic (exact) mass is 354 g/mol. The van der Waals surface area contributed by atoms with Gasteiger partial charge in [0, 0.05) is 32.7 Å². The molecular formula is C20H26N4O2. The van der Waals surface area contributed by atoms with Gasteiger partial charge in [-0.1, -0.05) is 12.6 Å². The van der Waals surface area contributed by atoms with Crippen molar-refractivity contribution in [1.29, 1.82) is 0 Å². The summed E-state index contributed by atoms with van der Waals surface area (Å²) in [7, 11) is 0. The van der Waals surface area contributed by atoms with Gasteiger partial charge in [0.1, 0.15) is 0 Å². The number of carbonyl (C=O) groups excluding carboxylic acids is 1. The Bertz CT molecular complexity index is 794. The Morgan fingerprint density at radius 2 is 2.15 bits per heavy atom. The van der Waals surface area contributed by atoms with Crippen molar-refractivity contribution in [2.75, 3.05) is 39.4 Å². The van der Waals surface area contributed by atoms with Gasteiger partial charge < -0.3 is 14.2 Å². The molecular weight excluding hydrogens is 328 g/mol. The number of morpholine rings is 1. The molecule has 26 heavy (non-hydrogen) atoms. The number of benzene rings is 1. The quantitative estimate of drug-likeness (QED) is 0.790. The lowest BCUT2D eigenvalue weighted by Crippen LogP contribution is -2.39. The maximum atomic E-state index is 11.9. The van der Waals surface area contributed by atoms with Crippen molar-refractivity contribution in [2.45, 2.75) is 25.4 Å². The van der Waals surface area contributed by atoms with Crippen molar-refractivity contribution in [3.8, 4) is 0 Å². The van der Waals surface area contributed by atoms with Gasteiger partial charge in [-0.25, -0.2) is 4.98 Å². The summed E-state index contributed by atoms with van der Waals surface area (Å²) in [6.07, 6.45) is 5.42. The first-order valence-electron chi connectivity index (χ1n) is 9.41. The number of carbonyl (C=O) groups is 1. The number of hydrogen-bond donors (Lipinski definition) is 0. The zero-order valence-electron chi connectivity index (χ0n) is 15.1. The van der Waals surface area contributed by atoms with Crippen LogP contribution in [0.15, 0.2) is 37.2 Å². The van der Waals surface area contributed by atoms with E-state index in [9.17, 15) is 4.79 Å². The van der Waals surface area contributed by atoms with E-state index >= 15 is 0 Å². The second-order valence-electron chi connectivity index (χ2n) is 7.15. The van der Waals surface area contributed by atoms with Crippen molar-refractivity contribution >= 4 is 16.9 Å². The Morgan fingerprint density at radius 1 is 1.31 bits per heavy atom. The standard InChI is InChI=1S/C20H26N4O2/c1-2-20(25)23-7-3-4-17(14-23)24-15-21-18-12-16(5-6-19(18)24)13-22-8-10-26-11-9-22/h2,5-6,12,15,17H,1,3-4,7-11,13-14H2. The average Bonchev–Trinajstić information content (AvgIpc) is 3.11. The van der Waals surface area contributed by atoms with Gasteiger partial charge in [-0.15, -0.1) is 0 Å². The Balaban J connectivity index is 1.51. The summed E-state index contributed by atoms with van der Waals surface area (Å²) in [5.41, 5.74) is 3.47. The highest BCUT2D eigenvalue weighted by atomic mass is 16.5. The van der Waals surface area contributed by atoms with Crippen molar-refractivity contribution in [2.24, 2.45) is 0 Å². The lowest BCUT2D eigenvalue weighted by Gasteiger charge is -2.33. The van der Waals surface area contributed by atoms with Crippen LogP contribution in [0.25, 0.3) is 11.0 Å². The zero-order valence-corrected chi connectivity index (χ0v) is 15.1. The van der Waals surface area contributed by atoms with Crippen LogP contribution in [0, 0.1) is 0 Å². The Hall–Kier alpha value is -2.18. The summed E-state index contributed by atoms with van der Waals surface area (Å²) in [6.45, 7) is 9.71. The van der Waals surface area contributed by atoms with Crippen LogP contribution in [-0.2, 0) is 16.1 Å². The molecule has 1 amide bonds. The van der Waals surface area contributed by atoms with Gasteiger partial charge in [0.25, 0.3) is 0 Å². The molecule has 0 bridgehead atoms. The van der Waals surface area contributed by atoms with Crippen molar-refractivity contribution < 1.29 is 9.53 Å². The minimum Gasteiger partial charge on any atom is -0.379 e. The summed E-state index contributed by atoms with van der Waals surface area (Å²) >= 11 is 0. The summed E-state index contributed by atoms with van der Waals surface area (Å²) in [6, 6.07) is 6.84. The molecule has 6 nitrogen and oxygen atoms in total. The third-order valence-corrected chi connectivity index (χ3v) is 5.43. The summed E-state index contributed by atoms with van der Waals surface area (Å²) in [5.74, 6) is 0.0203. The van der Waals surface area contributed by atoms with Crippen LogP contribution in [-0.4, -0.2) is 64.7 Å². The number of hydrogen-bond acceptors (Lipinski definition) is 4. The summed E-state index contributed by atoms with van der Waals surface area (Å²) < 4.78 is 7.65. The van der Waals surface area contributed by atoms with Crippen LogP contribution >= 0.6 is 0 Å². The van der Waals surface area contributed by atoms with E-state index in [0.29, 0.717) is 0 Å². The van der Waals surface area contributed by atoms with Crippen LogP contribution in [0.4, 0.5) is 0 Å². The first kappa shape index (κ1) is 17.2. The van der Waals surface area contributed by atoms with Crippen molar-refractivity contribution in [1.82, 2.24) is 19.4 Å². The fourth-order valence-corrected chi connectivity index (χ4v) is 4.00. The molecule has 0 spiro atoms. The molecule has 1 aromatic carbocycles. The molecule has 138 valence electrons. The van der Waals surface area contributed by atoms with Crippen LogP contribution in [0.1, 0.15) is 24.4 Å². The third-order valence-electron chi connectivity index (χ3n) is 5.43. The van der Waals surface area contributed by atoms with E-state index in [0.717, 1.165) is 69.8 Å². The van der Waals surface area contributed by atoms with Crippen LogP contribution in [0.2, 0.25) is 0 Å². The number of aromatic nitrogens is 2. The second-order valence-corrected chi connectivity index (χ2v) is 7.15. The van der Waals surface area contributed by atoms with Crippen LogP contribution in [0.3, 0.4) is 0 Å². The largest absolute Gasteiger partial charge is 0.379 e. The second kappa shape index (κ2) is 7.60. The van der Waals surface area contributed by atoms with Crippen molar-refractivity contribution in [3.63, 3.8) is 0 Å². The highest BCUT2D eigenvalue weighted by Crippen LogP contribution is 2.26. The Morgan fingerprint density at radius 3 is 2.96 bits per heavy atom. The van der Waals surface area contributed by atoms with Crippen LogP contribution < -0.4 is 0 Å². The topological polar surface area (TPSA) is 50.6 Å². The molecule has 2 fully saturated rings. The summed E-state index contributed by atoms with van der Waals surface area (Å²) in [5, 5.41) is 0. The van der Waals surface area contributed by atoms with E-state index < -0.39 is 0 Å². The fraction of sp³-hybridized carbons (Fsp3) is 0.500. The lowest BCUT2D eigenvalue weighted by atomic mass is 10.0. The van der Waals surface area contributed by atoms with Gasteiger partial charge in [-0.2, -0.15) is 0 Å². The van der Waals surface area contributed by atoms with Crippen molar-refractivity contribution in [3.05, 3.63) is 42.7 Å². The number of amides is 1. The van der Waals surface area contributed by atoms with Gasteiger partial charge in [0.05, 0.1) is 36.6 Å². The highest BCUT2D eigenvalue weighted by Gasteiger charge is 2.24. The normalized spacial score (nSPS) is 21.8. The number of piperidine rings is 1. The maximum Gasteiger partial charge on any atom is 0.246 e. The van der Waals surface area contributed by atoms with E-state index in [2.05, 4.69) is 39.2 Å². The molecule has 6 heteroatoms. The van der Waals surface area contributed by atoms with E-state index in [1.807, 2.05) is 11.2 Å². The minimum absolute atomic E-state index is 0.0203. The molecule has 4 rings (SSSR count). The molecule has 0 aliphatic carbocycles. The number of imidazole rings is 1. The number of likely N-dealkylation sites (tertiary alicyclic amines) is 1. The molecule has 2 aliphatic heterocycles. The predicted molar refractivity (Wildman–Crippen MR) is 101 cm³/mol. The first-order chi connectivity index (χ1) is 12.7. The molecule has 1 atom stereocenters. The molecule has 0 radical (unpaired) electrons. The lowest BCUT2D eigenvalue weighted by molar-refractivity contribution is -0.127. The molecule has 1 aromatic heterocycles. The fourth-order valence-electron chi connectivity index (χ4n) is 4.00. The van der Waals surface area contributed by atoms with Gasteiger partial charge in [-0.05, 0) is 36.6 Å². The predicted octanol–water partition coefficient (Wildman–Crippen LogP) is 2.22. The van der Waals surface area contributed by atoms with Gasteiger partial charge in [0.15, 0.2) is 0 Å². The molecule has 2 aliphatic rings. The maximum absolute atomic E-state index is 11.9. The Labute approximate surface area is 154 Å². The number of ether oxygens (including phenoxy) is 1. The van der Waals surface area contributed by atoms with E-state index in [4.69, 9.17) is 4.74 Å². The third kappa shape index (κ3) is 3.52. The molecule has 2 saturated heterocycles. The average molecular weight is 354 g/mol. The smallest absolute Gasteiger partial charge is 0.246 e. The number of rotatable bonds is 4. The van der Waals surface area contributed by atoms with Crippen LogP contribution in [0.5, 0.6) is 0 Å². The molecule has 0 N–H and O–H groups in total. The molecule has 2 aromatic rings. The first-order valence-corrected chi connectivity index (χ1v) is 9.41. The minimum atomic E-state index is 0.0203. The zero-order chi connectivity index (χ0) is 17.9.